The third kappa shape index (κ3) is 3.53. The summed E-state index contributed by atoms with van der Waals surface area (Å²) in [7, 11) is 0. The van der Waals surface area contributed by atoms with Crippen LogP contribution in [0.15, 0.2) is 41.3 Å². The standard InChI is InChI=1S/C18H22O5S/c1-2-9-24-15-8-7-14(11-5-3-4-6-12(11)15)23-18-17(21)16(20)13(19)10-22-18/h3-8,13,16-21H,2,9-10H2,1H3/t13-,16+,17-,18+/m1/s1. The molecule has 4 atom stereocenters. The molecule has 0 saturated carbocycles. The smallest absolute Gasteiger partial charge is 0.228 e. The van der Waals surface area contributed by atoms with E-state index in [1.807, 2.05) is 36.4 Å². The van der Waals surface area contributed by atoms with Crippen LogP contribution in [0.1, 0.15) is 13.3 Å². The van der Waals surface area contributed by atoms with Crippen LogP contribution >= 0.6 is 11.8 Å². The summed E-state index contributed by atoms with van der Waals surface area (Å²) in [6.45, 7) is 2.07. The highest BCUT2D eigenvalue weighted by molar-refractivity contribution is 7.99. The van der Waals surface area contributed by atoms with E-state index in [4.69, 9.17) is 9.47 Å². The summed E-state index contributed by atoms with van der Waals surface area (Å²) in [5.74, 6) is 1.62. The molecule has 2 aromatic rings. The Hall–Kier alpha value is -1.31. The molecule has 130 valence electrons. The van der Waals surface area contributed by atoms with Crippen LogP contribution in [0.4, 0.5) is 0 Å². The van der Waals surface area contributed by atoms with Crippen LogP contribution in [-0.2, 0) is 4.74 Å². The van der Waals surface area contributed by atoms with Gasteiger partial charge in [-0.05, 0) is 29.7 Å². The summed E-state index contributed by atoms with van der Waals surface area (Å²) in [6, 6.07) is 11.8. The van der Waals surface area contributed by atoms with E-state index in [0.717, 1.165) is 22.9 Å². The number of ether oxygens (including phenoxy) is 2. The predicted molar refractivity (Wildman–Crippen MR) is 93.4 cm³/mol. The van der Waals surface area contributed by atoms with Crippen LogP contribution in [0.2, 0.25) is 0 Å². The number of rotatable bonds is 5. The summed E-state index contributed by atoms with van der Waals surface area (Å²) in [4.78, 5) is 1.18. The monoisotopic (exact) mass is 350 g/mol. The first kappa shape index (κ1) is 17.5. The number of hydrogen-bond donors (Lipinski definition) is 3. The van der Waals surface area contributed by atoms with Gasteiger partial charge in [0.05, 0.1) is 6.61 Å². The first-order valence-corrected chi connectivity index (χ1v) is 9.07. The number of aliphatic hydroxyl groups is 3. The first-order valence-electron chi connectivity index (χ1n) is 8.08. The number of hydrogen-bond acceptors (Lipinski definition) is 6. The van der Waals surface area contributed by atoms with Crippen LogP contribution in [0, 0.1) is 0 Å². The Morgan fingerprint density at radius 3 is 2.58 bits per heavy atom. The van der Waals surface area contributed by atoms with Gasteiger partial charge in [0.1, 0.15) is 24.1 Å². The molecule has 5 nitrogen and oxygen atoms in total. The fourth-order valence-corrected chi connectivity index (χ4v) is 3.61. The van der Waals surface area contributed by atoms with Crippen LogP contribution in [0.25, 0.3) is 10.8 Å². The van der Waals surface area contributed by atoms with Crippen molar-refractivity contribution >= 4 is 22.5 Å². The predicted octanol–water partition coefficient (Wildman–Crippen LogP) is 2.16. The minimum Gasteiger partial charge on any atom is -0.461 e. The molecule has 2 aromatic carbocycles. The van der Waals surface area contributed by atoms with Crippen molar-refractivity contribution in [3.05, 3.63) is 36.4 Å². The van der Waals surface area contributed by atoms with Gasteiger partial charge in [0.25, 0.3) is 0 Å². The summed E-state index contributed by atoms with van der Waals surface area (Å²) in [5.41, 5.74) is 0. The average molecular weight is 350 g/mol. The maximum atomic E-state index is 10.0. The fourth-order valence-electron chi connectivity index (χ4n) is 2.69. The minimum atomic E-state index is -1.30. The van der Waals surface area contributed by atoms with Gasteiger partial charge in [0.15, 0.2) is 0 Å². The lowest BCUT2D eigenvalue weighted by atomic mass is 10.1. The minimum absolute atomic E-state index is 0.0781. The summed E-state index contributed by atoms with van der Waals surface area (Å²) in [6.07, 6.45) is -3.61. The zero-order valence-corrected chi connectivity index (χ0v) is 14.3. The van der Waals surface area contributed by atoms with Gasteiger partial charge in [-0.2, -0.15) is 0 Å². The highest BCUT2D eigenvalue weighted by atomic mass is 32.2. The van der Waals surface area contributed by atoms with Crippen LogP contribution in [-0.4, -0.2) is 52.3 Å². The zero-order valence-electron chi connectivity index (χ0n) is 13.5. The van der Waals surface area contributed by atoms with E-state index in [9.17, 15) is 15.3 Å². The van der Waals surface area contributed by atoms with E-state index in [2.05, 4.69) is 6.92 Å². The van der Waals surface area contributed by atoms with Crippen LogP contribution in [0.3, 0.4) is 0 Å². The molecule has 0 aromatic heterocycles. The Morgan fingerprint density at radius 1 is 1.08 bits per heavy atom. The molecule has 1 saturated heterocycles. The largest absolute Gasteiger partial charge is 0.461 e. The molecule has 0 amide bonds. The molecule has 1 aliphatic heterocycles. The molecule has 1 heterocycles. The quantitative estimate of drug-likeness (QED) is 0.717. The molecular weight excluding hydrogens is 328 g/mol. The van der Waals surface area contributed by atoms with Crippen molar-refractivity contribution in [1.29, 1.82) is 0 Å². The second-order valence-corrected chi connectivity index (χ2v) is 6.96. The number of fused-ring (bicyclic) bond motifs is 1. The maximum absolute atomic E-state index is 10.0. The van der Waals surface area contributed by atoms with E-state index in [1.165, 1.54) is 4.90 Å². The third-order valence-corrected chi connectivity index (χ3v) is 5.28. The summed E-state index contributed by atoms with van der Waals surface area (Å²) >= 11 is 1.80. The Kier molecular flexibility index (Phi) is 5.63. The van der Waals surface area contributed by atoms with Crippen molar-refractivity contribution in [3.63, 3.8) is 0 Å². The van der Waals surface area contributed by atoms with Gasteiger partial charge < -0.3 is 24.8 Å². The molecule has 24 heavy (non-hydrogen) atoms. The summed E-state index contributed by atoms with van der Waals surface area (Å²) < 4.78 is 11.1. The molecule has 0 aliphatic carbocycles. The fraction of sp³-hybridized carbons (Fsp3) is 0.444. The van der Waals surface area contributed by atoms with Gasteiger partial charge in [0.2, 0.25) is 6.29 Å². The van der Waals surface area contributed by atoms with Gasteiger partial charge in [-0.15, -0.1) is 11.8 Å². The Bertz CT molecular complexity index is 692. The van der Waals surface area contributed by atoms with Gasteiger partial charge in [0, 0.05) is 10.3 Å². The van der Waals surface area contributed by atoms with Gasteiger partial charge in [-0.1, -0.05) is 31.2 Å². The van der Waals surface area contributed by atoms with E-state index in [-0.39, 0.29) is 6.61 Å². The molecule has 6 heteroatoms. The van der Waals surface area contributed by atoms with Crippen LogP contribution in [0.5, 0.6) is 5.75 Å². The van der Waals surface area contributed by atoms with Gasteiger partial charge >= 0.3 is 0 Å². The molecule has 3 N–H and O–H groups in total. The zero-order chi connectivity index (χ0) is 17.1. The Balaban J connectivity index is 1.87. The SMILES string of the molecule is CCCSc1ccc(O[C@@H]2OC[C@@H](O)[C@H](O)[C@H]2O)c2ccccc12. The van der Waals surface area contributed by atoms with E-state index in [0.29, 0.717) is 5.75 Å². The molecule has 0 radical (unpaired) electrons. The lowest BCUT2D eigenvalue weighted by Crippen LogP contribution is -2.54. The van der Waals surface area contributed by atoms with Crippen LogP contribution < -0.4 is 4.74 Å². The van der Waals surface area contributed by atoms with Gasteiger partial charge in [-0.25, -0.2) is 0 Å². The average Bonchev–Trinajstić information content (AvgIpc) is 2.61. The molecular formula is C18H22O5S. The van der Waals surface area contributed by atoms with Crippen molar-refractivity contribution in [3.8, 4) is 5.75 Å². The molecule has 0 unspecified atom stereocenters. The highest BCUT2D eigenvalue weighted by Crippen LogP contribution is 2.35. The van der Waals surface area contributed by atoms with E-state index >= 15 is 0 Å². The number of benzene rings is 2. The Labute approximate surface area is 145 Å². The second-order valence-electron chi connectivity index (χ2n) is 5.82. The van der Waals surface area contributed by atoms with Crippen molar-refractivity contribution in [1.82, 2.24) is 0 Å². The first-order chi connectivity index (χ1) is 11.6. The molecule has 1 aliphatic rings. The number of aliphatic hydroxyl groups excluding tert-OH is 3. The van der Waals surface area contributed by atoms with E-state index in [1.54, 1.807) is 11.8 Å². The second kappa shape index (κ2) is 7.72. The maximum Gasteiger partial charge on any atom is 0.228 e. The van der Waals surface area contributed by atoms with Crippen molar-refractivity contribution in [2.45, 2.75) is 42.8 Å². The molecule has 0 bridgehead atoms. The normalized spacial score (nSPS) is 27.3. The lowest BCUT2D eigenvalue weighted by molar-refractivity contribution is -0.241. The highest BCUT2D eigenvalue weighted by Gasteiger charge is 2.39. The number of thioether (sulfide) groups is 1. The molecule has 0 spiro atoms. The third-order valence-electron chi connectivity index (χ3n) is 4.00. The van der Waals surface area contributed by atoms with Crippen molar-refractivity contribution in [2.75, 3.05) is 12.4 Å². The molecule has 3 rings (SSSR count). The Morgan fingerprint density at radius 2 is 1.83 bits per heavy atom. The lowest BCUT2D eigenvalue weighted by Gasteiger charge is -2.35. The van der Waals surface area contributed by atoms with Crippen molar-refractivity contribution < 1.29 is 24.8 Å². The van der Waals surface area contributed by atoms with E-state index < -0.39 is 24.6 Å². The van der Waals surface area contributed by atoms with Gasteiger partial charge in [-0.3, -0.25) is 0 Å². The van der Waals surface area contributed by atoms with Crippen molar-refractivity contribution in [2.24, 2.45) is 0 Å². The molecule has 1 fully saturated rings. The summed E-state index contributed by atoms with van der Waals surface area (Å²) in [5, 5.41) is 31.4. The topological polar surface area (TPSA) is 79.2 Å².